The number of nitrogens with one attached hydrogen (secondary N) is 2. The Bertz CT molecular complexity index is 720. The van der Waals surface area contributed by atoms with Crippen molar-refractivity contribution >= 4 is 29.9 Å². The van der Waals surface area contributed by atoms with Crippen LogP contribution in [0.25, 0.3) is 0 Å². The van der Waals surface area contributed by atoms with Crippen LogP contribution in [0.1, 0.15) is 41.5 Å². The molecule has 1 aliphatic heterocycles. The van der Waals surface area contributed by atoms with Crippen LogP contribution in [0.5, 0.6) is 0 Å². The van der Waals surface area contributed by atoms with Crippen LogP contribution in [0.15, 0.2) is 45.8 Å². The fourth-order valence-corrected chi connectivity index (χ4v) is 3.40. The molecule has 0 spiro atoms. The molecule has 1 unspecified atom stereocenters. The Labute approximate surface area is 179 Å². The zero-order valence-electron chi connectivity index (χ0n) is 16.5. The third-order valence-corrected chi connectivity index (χ3v) is 4.94. The molecule has 6 heteroatoms. The molecule has 3 rings (SSSR count). The van der Waals surface area contributed by atoms with Gasteiger partial charge in [-0.25, -0.2) is 0 Å². The van der Waals surface area contributed by atoms with Gasteiger partial charge in [-0.05, 0) is 57.5 Å². The van der Waals surface area contributed by atoms with Crippen molar-refractivity contribution in [3.8, 4) is 0 Å². The van der Waals surface area contributed by atoms with E-state index in [1.54, 1.807) is 0 Å². The van der Waals surface area contributed by atoms with Gasteiger partial charge in [-0.3, -0.25) is 9.89 Å². The van der Waals surface area contributed by atoms with E-state index < -0.39 is 0 Å². The number of likely N-dealkylation sites (tertiary alicyclic amines) is 1. The molecule has 1 fully saturated rings. The zero-order chi connectivity index (χ0) is 18.4. The number of benzene rings is 1. The molecule has 0 saturated carbocycles. The largest absolute Gasteiger partial charge is 0.465 e. The van der Waals surface area contributed by atoms with Gasteiger partial charge in [0.15, 0.2) is 5.96 Å². The number of nitrogens with zero attached hydrogens (tertiary/aromatic N) is 2. The number of hydrogen-bond donors (Lipinski definition) is 2. The van der Waals surface area contributed by atoms with E-state index in [9.17, 15) is 0 Å². The molecule has 2 N–H and O–H groups in total. The average Bonchev–Trinajstić information content (AvgIpc) is 3.32. The van der Waals surface area contributed by atoms with E-state index in [0.717, 1.165) is 43.7 Å². The van der Waals surface area contributed by atoms with Gasteiger partial charge in [0.25, 0.3) is 0 Å². The fourth-order valence-electron chi connectivity index (χ4n) is 3.40. The Morgan fingerprint density at radius 1 is 1.07 bits per heavy atom. The van der Waals surface area contributed by atoms with Gasteiger partial charge < -0.3 is 15.1 Å². The van der Waals surface area contributed by atoms with Crippen LogP contribution in [-0.4, -0.2) is 37.5 Å². The standard InChI is InChI=1S/C21H30N4O.HI/c1-16-6-9-18(10-7-16)14-23-21(22-3)24-15-19(25-12-4-5-13-25)20-11-8-17(2)26-20;/h6-11,19H,4-5,12-15H2,1-3H3,(H2,22,23,24);1H. The van der Waals surface area contributed by atoms with E-state index in [1.165, 1.54) is 24.0 Å². The summed E-state index contributed by atoms with van der Waals surface area (Å²) >= 11 is 0. The van der Waals surface area contributed by atoms with Crippen molar-refractivity contribution in [1.29, 1.82) is 0 Å². The maximum atomic E-state index is 5.92. The molecule has 27 heavy (non-hydrogen) atoms. The van der Waals surface area contributed by atoms with Gasteiger partial charge in [0.2, 0.25) is 0 Å². The maximum Gasteiger partial charge on any atom is 0.191 e. The second-order valence-corrected chi connectivity index (χ2v) is 7.00. The number of aliphatic imine (C=N–C) groups is 1. The summed E-state index contributed by atoms with van der Waals surface area (Å²) in [5.74, 6) is 2.81. The number of aryl methyl sites for hydroxylation is 2. The summed E-state index contributed by atoms with van der Waals surface area (Å²) in [5.41, 5.74) is 2.52. The molecule has 1 atom stereocenters. The van der Waals surface area contributed by atoms with E-state index in [1.807, 2.05) is 20.0 Å². The number of furan rings is 1. The molecule has 1 saturated heterocycles. The summed E-state index contributed by atoms with van der Waals surface area (Å²) < 4.78 is 5.92. The van der Waals surface area contributed by atoms with Crippen LogP contribution >= 0.6 is 24.0 Å². The molecule has 2 heterocycles. The molecular weight excluding hydrogens is 451 g/mol. The molecule has 148 valence electrons. The second kappa shape index (κ2) is 10.7. The van der Waals surface area contributed by atoms with Gasteiger partial charge in [-0.2, -0.15) is 0 Å². The van der Waals surface area contributed by atoms with E-state index in [2.05, 4.69) is 57.8 Å². The SMILES string of the molecule is CN=C(NCc1ccc(C)cc1)NCC(c1ccc(C)o1)N1CCCC1.I. The Morgan fingerprint density at radius 2 is 1.78 bits per heavy atom. The predicted octanol–water partition coefficient (Wildman–Crippen LogP) is 4.02. The average molecular weight is 482 g/mol. The van der Waals surface area contributed by atoms with Crippen molar-refractivity contribution < 1.29 is 4.42 Å². The summed E-state index contributed by atoms with van der Waals surface area (Å²) in [6.07, 6.45) is 2.52. The number of halogens is 1. The van der Waals surface area contributed by atoms with Crippen molar-refractivity contribution in [3.63, 3.8) is 0 Å². The first-order valence-corrected chi connectivity index (χ1v) is 9.46. The van der Waals surface area contributed by atoms with Crippen molar-refractivity contribution in [2.75, 3.05) is 26.7 Å². The lowest BCUT2D eigenvalue weighted by Gasteiger charge is -2.26. The van der Waals surface area contributed by atoms with Gasteiger partial charge >= 0.3 is 0 Å². The molecule has 0 bridgehead atoms. The molecule has 0 radical (unpaired) electrons. The lowest BCUT2D eigenvalue weighted by Crippen LogP contribution is -2.42. The molecule has 0 amide bonds. The molecule has 1 aromatic heterocycles. The minimum Gasteiger partial charge on any atom is -0.465 e. The lowest BCUT2D eigenvalue weighted by molar-refractivity contribution is 0.213. The summed E-state index contributed by atoms with van der Waals surface area (Å²) in [5, 5.41) is 6.87. The smallest absolute Gasteiger partial charge is 0.191 e. The summed E-state index contributed by atoms with van der Waals surface area (Å²) in [6.45, 7) is 7.89. The Hall–Kier alpha value is -1.54. The Balaban J connectivity index is 0.00000261. The number of rotatable bonds is 6. The first kappa shape index (κ1) is 21.8. The summed E-state index contributed by atoms with van der Waals surface area (Å²) in [4.78, 5) is 6.86. The topological polar surface area (TPSA) is 52.8 Å². The van der Waals surface area contributed by atoms with Crippen LogP contribution in [0, 0.1) is 13.8 Å². The van der Waals surface area contributed by atoms with Gasteiger partial charge in [0.1, 0.15) is 11.5 Å². The molecule has 5 nitrogen and oxygen atoms in total. The quantitative estimate of drug-likeness (QED) is 0.371. The fraction of sp³-hybridized carbons (Fsp3) is 0.476. The highest BCUT2D eigenvalue weighted by atomic mass is 127. The Kier molecular flexibility index (Phi) is 8.63. The van der Waals surface area contributed by atoms with Gasteiger partial charge in [0, 0.05) is 20.1 Å². The van der Waals surface area contributed by atoms with Crippen LogP contribution in [0.2, 0.25) is 0 Å². The van der Waals surface area contributed by atoms with Gasteiger partial charge in [-0.1, -0.05) is 29.8 Å². The monoisotopic (exact) mass is 482 g/mol. The minimum atomic E-state index is 0. The van der Waals surface area contributed by atoms with Crippen LogP contribution in [0.4, 0.5) is 0 Å². The predicted molar refractivity (Wildman–Crippen MR) is 122 cm³/mol. The number of hydrogen-bond acceptors (Lipinski definition) is 3. The van der Waals surface area contributed by atoms with Crippen molar-refractivity contribution in [2.45, 2.75) is 39.3 Å². The van der Waals surface area contributed by atoms with Crippen LogP contribution < -0.4 is 10.6 Å². The highest BCUT2D eigenvalue weighted by Gasteiger charge is 2.26. The van der Waals surface area contributed by atoms with E-state index in [4.69, 9.17) is 4.42 Å². The summed E-state index contributed by atoms with van der Waals surface area (Å²) in [6, 6.07) is 12.9. The lowest BCUT2D eigenvalue weighted by atomic mass is 10.1. The summed E-state index contributed by atoms with van der Waals surface area (Å²) in [7, 11) is 1.81. The highest BCUT2D eigenvalue weighted by Crippen LogP contribution is 2.26. The van der Waals surface area contributed by atoms with Gasteiger partial charge in [-0.15, -0.1) is 24.0 Å². The van der Waals surface area contributed by atoms with Crippen molar-refractivity contribution in [2.24, 2.45) is 4.99 Å². The molecule has 0 aliphatic carbocycles. The first-order chi connectivity index (χ1) is 12.7. The van der Waals surface area contributed by atoms with E-state index in [-0.39, 0.29) is 30.0 Å². The van der Waals surface area contributed by atoms with Crippen molar-refractivity contribution in [3.05, 3.63) is 59.0 Å². The second-order valence-electron chi connectivity index (χ2n) is 7.00. The minimum absolute atomic E-state index is 0. The van der Waals surface area contributed by atoms with E-state index >= 15 is 0 Å². The maximum absolute atomic E-state index is 5.92. The molecule has 2 aromatic rings. The van der Waals surface area contributed by atoms with Gasteiger partial charge in [0.05, 0.1) is 6.04 Å². The van der Waals surface area contributed by atoms with Crippen LogP contribution in [0.3, 0.4) is 0 Å². The zero-order valence-corrected chi connectivity index (χ0v) is 18.8. The molecular formula is C21H31IN4O. The third kappa shape index (κ3) is 6.24. The normalized spacial score (nSPS) is 16.0. The van der Waals surface area contributed by atoms with Crippen LogP contribution in [-0.2, 0) is 6.54 Å². The molecule has 1 aromatic carbocycles. The van der Waals surface area contributed by atoms with Crippen molar-refractivity contribution in [1.82, 2.24) is 15.5 Å². The number of guanidine groups is 1. The highest BCUT2D eigenvalue weighted by molar-refractivity contribution is 14.0. The third-order valence-electron chi connectivity index (χ3n) is 4.94. The molecule has 1 aliphatic rings. The first-order valence-electron chi connectivity index (χ1n) is 9.46. The van der Waals surface area contributed by atoms with E-state index in [0.29, 0.717) is 0 Å². The Morgan fingerprint density at radius 3 is 2.37 bits per heavy atom.